The van der Waals surface area contributed by atoms with Crippen molar-refractivity contribution in [2.24, 2.45) is 0 Å². The number of esters is 1. The molecule has 25 heavy (non-hydrogen) atoms. The van der Waals surface area contributed by atoms with Gasteiger partial charge in [0.15, 0.2) is 6.10 Å². The normalized spacial score (nSPS) is 11.5. The van der Waals surface area contributed by atoms with E-state index in [4.69, 9.17) is 21.1 Å². The summed E-state index contributed by atoms with van der Waals surface area (Å²) < 4.78 is 10.2. The number of rotatable bonds is 6. The molecule has 0 saturated heterocycles. The Hall–Kier alpha value is -2.93. The Bertz CT molecular complexity index is 818. The fraction of sp³-hybridized carbons (Fsp3) is 0.176. The van der Waals surface area contributed by atoms with Crippen molar-refractivity contribution in [3.05, 3.63) is 68.7 Å². The lowest BCUT2D eigenvalue weighted by molar-refractivity contribution is -0.384. The van der Waals surface area contributed by atoms with Gasteiger partial charge in [0.25, 0.3) is 5.69 Å². The highest BCUT2D eigenvalue weighted by Gasteiger charge is 2.24. The number of benzene rings is 2. The summed E-state index contributed by atoms with van der Waals surface area (Å²) in [5.41, 5.74) is -0.0902. The number of carbonyl (C=O) groups excluding carboxylic acids is 2. The molecule has 2 rings (SSSR count). The standard InChI is InChI=1S/C17H14ClNO6/c1-10(16(20)11-3-5-12(18)6-4-11)25-17(21)14-9-13(19(22)23)7-8-15(14)24-2/h3-10H,1-2H3/t10-/m0/s1. The Kier molecular flexibility index (Phi) is 5.71. The van der Waals surface area contributed by atoms with Crippen LogP contribution < -0.4 is 4.74 Å². The van der Waals surface area contributed by atoms with Gasteiger partial charge >= 0.3 is 5.97 Å². The van der Waals surface area contributed by atoms with Gasteiger partial charge in [-0.2, -0.15) is 0 Å². The third-order valence-electron chi connectivity index (χ3n) is 3.40. The van der Waals surface area contributed by atoms with E-state index in [9.17, 15) is 19.7 Å². The summed E-state index contributed by atoms with van der Waals surface area (Å²) in [7, 11) is 1.32. The Morgan fingerprint density at radius 1 is 1.16 bits per heavy atom. The van der Waals surface area contributed by atoms with Crippen LogP contribution in [0.4, 0.5) is 5.69 Å². The maximum Gasteiger partial charge on any atom is 0.342 e. The number of hydrogen-bond donors (Lipinski definition) is 0. The monoisotopic (exact) mass is 363 g/mol. The highest BCUT2D eigenvalue weighted by Crippen LogP contribution is 2.25. The van der Waals surface area contributed by atoms with Crippen LogP contribution in [0.25, 0.3) is 0 Å². The summed E-state index contributed by atoms with van der Waals surface area (Å²) in [6.07, 6.45) is -1.09. The topological polar surface area (TPSA) is 95.7 Å². The van der Waals surface area contributed by atoms with Gasteiger partial charge in [-0.1, -0.05) is 11.6 Å². The summed E-state index contributed by atoms with van der Waals surface area (Å²) in [5.74, 6) is -1.20. The number of hydrogen-bond acceptors (Lipinski definition) is 6. The van der Waals surface area contributed by atoms with Crippen LogP contribution >= 0.6 is 11.6 Å². The van der Waals surface area contributed by atoms with E-state index in [-0.39, 0.29) is 17.0 Å². The zero-order valence-corrected chi connectivity index (χ0v) is 14.1. The largest absolute Gasteiger partial charge is 0.496 e. The summed E-state index contributed by atoms with van der Waals surface area (Å²) in [6, 6.07) is 9.67. The second-order valence-electron chi connectivity index (χ2n) is 5.06. The van der Waals surface area contributed by atoms with Gasteiger partial charge in [0.2, 0.25) is 5.78 Å². The number of halogens is 1. The molecule has 0 aliphatic carbocycles. The van der Waals surface area contributed by atoms with Crippen LogP contribution in [0.15, 0.2) is 42.5 Å². The number of nitro groups is 1. The number of nitrogens with zero attached hydrogens (tertiary/aromatic N) is 1. The second-order valence-corrected chi connectivity index (χ2v) is 5.50. The van der Waals surface area contributed by atoms with Crippen molar-refractivity contribution in [3.8, 4) is 5.75 Å². The highest BCUT2D eigenvalue weighted by atomic mass is 35.5. The molecule has 0 aliphatic heterocycles. The summed E-state index contributed by atoms with van der Waals surface area (Å²) >= 11 is 5.77. The molecule has 8 heteroatoms. The third kappa shape index (κ3) is 4.33. The van der Waals surface area contributed by atoms with Crippen molar-refractivity contribution in [1.82, 2.24) is 0 Å². The molecule has 0 radical (unpaired) electrons. The van der Waals surface area contributed by atoms with Crippen LogP contribution in [0.3, 0.4) is 0 Å². The minimum atomic E-state index is -1.09. The van der Waals surface area contributed by atoms with E-state index < -0.39 is 22.8 Å². The molecule has 0 N–H and O–H groups in total. The number of ether oxygens (including phenoxy) is 2. The minimum absolute atomic E-state index is 0.113. The lowest BCUT2D eigenvalue weighted by Gasteiger charge is -2.14. The molecule has 0 unspecified atom stereocenters. The van der Waals surface area contributed by atoms with E-state index in [2.05, 4.69) is 0 Å². The van der Waals surface area contributed by atoms with Crippen molar-refractivity contribution in [2.45, 2.75) is 13.0 Å². The predicted molar refractivity (Wildman–Crippen MR) is 90.3 cm³/mol. The molecule has 0 bridgehead atoms. The molecule has 1 atom stereocenters. The van der Waals surface area contributed by atoms with Gasteiger partial charge in [-0.05, 0) is 37.3 Å². The van der Waals surface area contributed by atoms with Crippen molar-refractivity contribution >= 4 is 29.0 Å². The van der Waals surface area contributed by atoms with E-state index in [1.165, 1.54) is 38.3 Å². The predicted octanol–water partition coefficient (Wildman–Crippen LogP) is 3.69. The number of non-ortho nitro benzene ring substituents is 1. The van der Waals surface area contributed by atoms with Gasteiger partial charge in [0, 0.05) is 22.7 Å². The zero-order chi connectivity index (χ0) is 18.6. The number of carbonyl (C=O) groups is 2. The van der Waals surface area contributed by atoms with Gasteiger partial charge < -0.3 is 9.47 Å². The van der Waals surface area contributed by atoms with Crippen LogP contribution in [-0.4, -0.2) is 29.9 Å². The van der Waals surface area contributed by atoms with Crippen LogP contribution in [0, 0.1) is 10.1 Å². The zero-order valence-electron chi connectivity index (χ0n) is 13.4. The molecule has 130 valence electrons. The second kappa shape index (κ2) is 7.76. The van der Waals surface area contributed by atoms with Crippen molar-refractivity contribution < 1.29 is 24.0 Å². The highest BCUT2D eigenvalue weighted by molar-refractivity contribution is 6.30. The first kappa shape index (κ1) is 18.4. The van der Waals surface area contributed by atoms with E-state index in [0.29, 0.717) is 10.6 Å². The lowest BCUT2D eigenvalue weighted by Crippen LogP contribution is -2.24. The molecule has 0 amide bonds. The van der Waals surface area contributed by atoms with Crippen LogP contribution in [-0.2, 0) is 4.74 Å². The summed E-state index contributed by atoms with van der Waals surface area (Å²) in [5, 5.41) is 11.3. The first-order chi connectivity index (χ1) is 11.8. The van der Waals surface area contributed by atoms with Gasteiger partial charge in [-0.15, -0.1) is 0 Å². The van der Waals surface area contributed by atoms with Gasteiger partial charge in [-0.3, -0.25) is 14.9 Å². The van der Waals surface area contributed by atoms with E-state index >= 15 is 0 Å². The summed E-state index contributed by atoms with van der Waals surface area (Å²) in [4.78, 5) is 34.8. The maximum absolute atomic E-state index is 12.3. The Balaban J connectivity index is 2.20. The van der Waals surface area contributed by atoms with Crippen molar-refractivity contribution in [3.63, 3.8) is 0 Å². The lowest BCUT2D eigenvalue weighted by atomic mass is 10.1. The molecule has 0 aliphatic rings. The van der Waals surface area contributed by atoms with Crippen LogP contribution in [0.2, 0.25) is 5.02 Å². The average molecular weight is 364 g/mol. The van der Waals surface area contributed by atoms with Crippen LogP contribution in [0.5, 0.6) is 5.75 Å². The first-order valence-electron chi connectivity index (χ1n) is 7.16. The molecule has 7 nitrogen and oxygen atoms in total. The third-order valence-corrected chi connectivity index (χ3v) is 3.65. The molecular formula is C17H14ClNO6. The molecule has 0 aromatic heterocycles. The summed E-state index contributed by atoms with van der Waals surface area (Å²) in [6.45, 7) is 1.42. The quantitative estimate of drug-likeness (QED) is 0.336. The van der Waals surface area contributed by atoms with Crippen molar-refractivity contribution in [1.29, 1.82) is 0 Å². The van der Waals surface area contributed by atoms with Gasteiger partial charge in [0.05, 0.1) is 12.0 Å². The average Bonchev–Trinajstić information content (AvgIpc) is 2.60. The molecule has 0 heterocycles. The van der Waals surface area contributed by atoms with E-state index in [1.807, 2.05) is 0 Å². The molecule has 0 fully saturated rings. The minimum Gasteiger partial charge on any atom is -0.496 e. The van der Waals surface area contributed by atoms with E-state index in [1.54, 1.807) is 12.1 Å². The Morgan fingerprint density at radius 3 is 2.36 bits per heavy atom. The van der Waals surface area contributed by atoms with Crippen molar-refractivity contribution in [2.75, 3.05) is 7.11 Å². The number of methoxy groups -OCH3 is 1. The molecule has 0 spiro atoms. The number of ketones is 1. The van der Waals surface area contributed by atoms with Gasteiger partial charge in [-0.25, -0.2) is 4.79 Å². The molecule has 2 aromatic rings. The molecule has 0 saturated carbocycles. The Morgan fingerprint density at radius 2 is 1.80 bits per heavy atom. The Labute approximate surface area is 148 Å². The number of nitro benzene ring substituents is 1. The first-order valence-corrected chi connectivity index (χ1v) is 7.54. The van der Waals surface area contributed by atoms with E-state index in [0.717, 1.165) is 6.07 Å². The fourth-order valence-corrected chi connectivity index (χ4v) is 2.22. The molecule has 2 aromatic carbocycles. The fourth-order valence-electron chi connectivity index (χ4n) is 2.10. The molecular weight excluding hydrogens is 350 g/mol. The maximum atomic E-state index is 12.3. The van der Waals surface area contributed by atoms with Crippen LogP contribution in [0.1, 0.15) is 27.6 Å². The smallest absolute Gasteiger partial charge is 0.342 e. The van der Waals surface area contributed by atoms with Gasteiger partial charge in [0.1, 0.15) is 11.3 Å². The number of Topliss-reactive ketones (excluding diaryl/α,β-unsaturated/α-hetero) is 1. The SMILES string of the molecule is COc1ccc([N+](=O)[O-])cc1C(=O)O[C@@H](C)C(=O)c1ccc(Cl)cc1.